The van der Waals surface area contributed by atoms with E-state index < -0.39 is 10.0 Å². The minimum atomic E-state index is -3.61. The molecule has 1 aliphatic heterocycles. The summed E-state index contributed by atoms with van der Waals surface area (Å²) >= 11 is 1.64. The minimum Gasteiger partial charge on any atom is -0.350 e. The molecule has 0 spiro atoms. The Hall–Kier alpha value is -3.45. The van der Waals surface area contributed by atoms with Gasteiger partial charge in [-0.05, 0) is 61.7 Å². The molecule has 9 nitrogen and oxygen atoms in total. The Bertz CT molecular complexity index is 1470. The number of rotatable bonds is 10. The van der Waals surface area contributed by atoms with Gasteiger partial charge in [-0.3, -0.25) is 4.90 Å². The molecule has 1 fully saturated rings. The number of piperidine rings is 1. The van der Waals surface area contributed by atoms with Gasteiger partial charge in [-0.2, -0.15) is 4.98 Å². The normalized spacial score (nSPS) is 14.8. The molecule has 0 saturated carbocycles. The van der Waals surface area contributed by atoms with Gasteiger partial charge in [0, 0.05) is 54.7 Å². The van der Waals surface area contributed by atoms with Crippen LogP contribution >= 0.6 is 11.3 Å². The maximum atomic E-state index is 13.2. The van der Waals surface area contributed by atoms with Crippen LogP contribution in [0.4, 0.5) is 21.8 Å². The minimum absolute atomic E-state index is 0.0833. The summed E-state index contributed by atoms with van der Waals surface area (Å²) in [5, 5.41) is 9.38. The zero-order chi connectivity index (χ0) is 27.2. The molecule has 3 heterocycles. The molecule has 0 atom stereocenters. The van der Waals surface area contributed by atoms with Gasteiger partial charge in [0.25, 0.3) is 0 Å². The molecule has 39 heavy (non-hydrogen) atoms. The lowest BCUT2D eigenvalue weighted by molar-refractivity contribution is 0.199. The SMILES string of the molecule is Cc1cc(Nc2ccc(F)cc2)nc(NCc2ccc(S(=O)(=O)NC3CCN(Cc4nccs4)CC3)cc2)n1. The van der Waals surface area contributed by atoms with E-state index >= 15 is 0 Å². The van der Waals surface area contributed by atoms with Crippen molar-refractivity contribution in [1.82, 2.24) is 24.6 Å². The summed E-state index contributed by atoms with van der Waals surface area (Å²) in [6, 6.07) is 14.6. The van der Waals surface area contributed by atoms with E-state index in [2.05, 4.69) is 35.2 Å². The highest BCUT2D eigenvalue weighted by molar-refractivity contribution is 7.89. The van der Waals surface area contributed by atoms with E-state index in [1.54, 1.807) is 53.8 Å². The summed E-state index contributed by atoms with van der Waals surface area (Å²) in [6.07, 6.45) is 3.34. The molecule has 0 aliphatic carbocycles. The average Bonchev–Trinajstić information content (AvgIpc) is 3.43. The first-order valence-corrected chi connectivity index (χ1v) is 15.0. The van der Waals surface area contributed by atoms with E-state index in [1.165, 1.54) is 12.1 Å². The molecule has 1 aliphatic rings. The van der Waals surface area contributed by atoms with E-state index in [9.17, 15) is 12.8 Å². The van der Waals surface area contributed by atoms with Crippen molar-refractivity contribution in [3.05, 3.63) is 88.3 Å². The van der Waals surface area contributed by atoms with Crippen LogP contribution in [0.1, 0.15) is 29.1 Å². The van der Waals surface area contributed by atoms with Crippen LogP contribution in [-0.4, -0.2) is 47.4 Å². The van der Waals surface area contributed by atoms with Crippen molar-refractivity contribution < 1.29 is 12.8 Å². The third kappa shape index (κ3) is 7.57. The second-order valence-electron chi connectivity index (χ2n) is 9.45. The van der Waals surface area contributed by atoms with Crippen molar-refractivity contribution in [2.45, 2.75) is 43.8 Å². The van der Waals surface area contributed by atoms with Gasteiger partial charge in [0.2, 0.25) is 16.0 Å². The number of likely N-dealkylation sites (tertiary alicyclic amines) is 1. The summed E-state index contributed by atoms with van der Waals surface area (Å²) in [6.45, 7) is 4.76. The highest BCUT2D eigenvalue weighted by Crippen LogP contribution is 2.20. The molecule has 0 unspecified atom stereocenters. The van der Waals surface area contributed by atoms with Gasteiger partial charge in [-0.25, -0.2) is 27.5 Å². The van der Waals surface area contributed by atoms with Crippen LogP contribution in [0.15, 0.2) is 71.1 Å². The lowest BCUT2D eigenvalue weighted by atomic mass is 10.1. The number of nitrogens with one attached hydrogen (secondary N) is 3. The van der Waals surface area contributed by atoms with Gasteiger partial charge in [0.15, 0.2) is 0 Å². The quantitative estimate of drug-likeness (QED) is 0.253. The zero-order valence-electron chi connectivity index (χ0n) is 21.5. The molecule has 2 aromatic carbocycles. The van der Waals surface area contributed by atoms with Crippen LogP contribution in [0.25, 0.3) is 0 Å². The lowest BCUT2D eigenvalue weighted by Gasteiger charge is -2.31. The Balaban J connectivity index is 1.13. The fourth-order valence-corrected chi connectivity index (χ4v) is 6.34. The van der Waals surface area contributed by atoms with Crippen molar-refractivity contribution in [3.63, 3.8) is 0 Å². The average molecular weight is 568 g/mol. The number of aromatic nitrogens is 3. The summed E-state index contributed by atoms with van der Waals surface area (Å²) in [5.41, 5.74) is 2.37. The predicted molar refractivity (Wildman–Crippen MR) is 151 cm³/mol. The molecular weight excluding hydrogens is 537 g/mol. The van der Waals surface area contributed by atoms with Crippen LogP contribution in [0.2, 0.25) is 0 Å². The molecule has 4 aromatic rings. The molecule has 12 heteroatoms. The number of sulfonamides is 1. The van der Waals surface area contributed by atoms with E-state index in [1.807, 2.05) is 18.5 Å². The monoisotopic (exact) mass is 567 g/mol. The Labute approximate surface area is 231 Å². The molecular formula is C27H30FN7O2S2. The zero-order valence-corrected chi connectivity index (χ0v) is 23.1. The van der Waals surface area contributed by atoms with Gasteiger partial charge < -0.3 is 10.6 Å². The fourth-order valence-electron chi connectivity index (χ4n) is 4.38. The van der Waals surface area contributed by atoms with Gasteiger partial charge in [0.1, 0.15) is 16.6 Å². The number of halogens is 1. The summed E-state index contributed by atoms with van der Waals surface area (Å²) < 4.78 is 42.0. The largest absolute Gasteiger partial charge is 0.350 e. The Morgan fingerprint density at radius 3 is 2.49 bits per heavy atom. The molecule has 5 rings (SSSR count). The van der Waals surface area contributed by atoms with Crippen LogP contribution in [0.3, 0.4) is 0 Å². The van der Waals surface area contributed by atoms with E-state index in [0.717, 1.165) is 48.7 Å². The standard InChI is InChI=1S/C27H30FN7O2S2/c1-19-16-25(32-22-6-4-21(28)5-7-22)33-27(31-19)30-17-20-2-8-24(9-3-20)39(36,37)34-23-10-13-35(14-11-23)18-26-29-12-15-38-26/h2-9,12,15-16,23,34H,10-11,13-14,17-18H2,1H3,(H2,30,31,32,33). The molecule has 0 radical (unpaired) electrons. The second-order valence-corrected chi connectivity index (χ2v) is 12.1. The third-order valence-corrected chi connectivity index (χ3v) is 8.71. The summed E-state index contributed by atoms with van der Waals surface area (Å²) in [4.78, 5) is 15.8. The predicted octanol–water partition coefficient (Wildman–Crippen LogP) is 4.68. The number of hydrogen-bond acceptors (Lipinski definition) is 9. The first-order valence-electron chi connectivity index (χ1n) is 12.7. The third-order valence-electron chi connectivity index (χ3n) is 6.41. The maximum Gasteiger partial charge on any atom is 0.240 e. The van der Waals surface area contributed by atoms with Crippen LogP contribution in [-0.2, 0) is 23.1 Å². The van der Waals surface area contributed by atoms with Gasteiger partial charge in [-0.15, -0.1) is 11.3 Å². The highest BCUT2D eigenvalue weighted by atomic mass is 32.2. The maximum absolute atomic E-state index is 13.2. The van der Waals surface area contributed by atoms with Crippen molar-refractivity contribution in [2.24, 2.45) is 0 Å². The van der Waals surface area contributed by atoms with Crippen molar-refractivity contribution in [3.8, 4) is 0 Å². The van der Waals surface area contributed by atoms with Crippen molar-refractivity contribution in [2.75, 3.05) is 23.7 Å². The van der Waals surface area contributed by atoms with E-state index in [4.69, 9.17) is 0 Å². The van der Waals surface area contributed by atoms with Crippen LogP contribution in [0.5, 0.6) is 0 Å². The van der Waals surface area contributed by atoms with Crippen LogP contribution < -0.4 is 15.4 Å². The fraction of sp³-hybridized carbons (Fsp3) is 0.296. The first-order chi connectivity index (χ1) is 18.8. The molecule has 0 bridgehead atoms. The van der Waals surface area contributed by atoms with E-state index in [0.29, 0.717) is 24.0 Å². The van der Waals surface area contributed by atoms with Gasteiger partial charge >= 0.3 is 0 Å². The summed E-state index contributed by atoms with van der Waals surface area (Å²) in [5.74, 6) is 0.706. The number of benzene rings is 2. The lowest BCUT2D eigenvalue weighted by Crippen LogP contribution is -2.44. The topological polar surface area (TPSA) is 112 Å². The van der Waals surface area contributed by atoms with Crippen molar-refractivity contribution >= 4 is 38.8 Å². The number of nitrogens with zero attached hydrogens (tertiary/aromatic N) is 4. The van der Waals surface area contributed by atoms with Gasteiger partial charge in [-0.1, -0.05) is 12.1 Å². The van der Waals surface area contributed by atoms with Crippen LogP contribution in [0, 0.1) is 12.7 Å². The van der Waals surface area contributed by atoms with E-state index in [-0.39, 0.29) is 16.8 Å². The first kappa shape index (κ1) is 27.1. The number of thiazole rings is 1. The smallest absolute Gasteiger partial charge is 0.240 e. The number of aryl methyl sites for hydroxylation is 1. The highest BCUT2D eigenvalue weighted by Gasteiger charge is 2.25. The number of anilines is 3. The molecule has 3 N–H and O–H groups in total. The van der Waals surface area contributed by atoms with Crippen molar-refractivity contribution in [1.29, 1.82) is 0 Å². The molecule has 1 saturated heterocycles. The Kier molecular flexibility index (Phi) is 8.46. The second kappa shape index (κ2) is 12.2. The molecule has 0 amide bonds. The Morgan fingerprint density at radius 2 is 1.79 bits per heavy atom. The summed E-state index contributed by atoms with van der Waals surface area (Å²) in [7, 11) is -3.61. The molecule has 204 valence electrons. The number of hydrogen-bond donors (Lipinski definition) is 3. The van der Waals surface area contributed by atoms with Gasteiger partial charge in [0.05, 0.1) is 11.4 Å². The Morgan fingerprint density at radius 1 is 1.05 bits per heavy atom. The molecule has 2 aromatic heterocycles.